The number of ether oxygens (including phenoxy) is 1. The second-order valence-electron chi connectivity index (χ2n) is 6.33. The molecule has 0 spiro atoms. The van der Waals surface area contributed by atoms with Gasteiger partial charge in [-0.1, -0.05) is 26.7 Å². The Labute approximate surface area is 123 Å². The first-order chi connectivity index (χ1) is 9.58. The summed E-state index contributed by atoms with van der Waals surface area (Å²) >= 11 is 0. The summed E-state index contributed by atoms with van der Waals surface area (Å²) in [6, 6.07) is 0.123. The predicted molar refractivity (Wildman–Crippen MR) is 82.4 cm³/mol. The van der Waals surface area contributed by atoms with Crippen molar-refractivity contribution in [2.24, 2.45) is 23.5 Å². The molecule has 0 aliphatic heterocycles. The van der Waals surface area contributed by atoms with E-state index >= 15 is 0 Å². The molecule has 0 saturated heterocycles. The fourth-order valence-electron chi connectivity index (χ4n) is 2.97. The first-order valence-corrected chi connectivity index (χ1v) is 8.16. The van der Waals surface area contributed by atoms with E-state index in [2.05, 4.69) is 19.2 Å². The van der Waals surface area contributed by atoms with Gasteiger partial charge >= 0.3 is 0 Å². The van der Waals surface area contributed by atoms with Crippen molar-refractivity contribution in [1.29, 1.82) is 0 Å². The van der Waals surface area contributed by atoms with Crippen LogP contribution >= 0.6 is 0 Å². The van der Waals surface area contributed by atoms with Gasteiger partial charge in [0.25, 0.3) is 0 Å². The van der Waals surface area contributed by atoms with E-state index in [0.717, 1.165) is 32.2 Å². The van der Waals surface area contributed by atoms with Gasteiger partial charge in [0.05, 0.1) is 12.6 Å². The highest BCUT2D eigenvalue weighted by molar-refractivity contribution is 5.79. The number of carbonyl (C=O) groups excluding carboxylic acids is 1. The number of carbonyl (C=O) groups is 1. The standard InChI is InChI=1S/C16H32N2O2/c1-4-20-11-15(12(2)3)18-16(19)14-7-5-6-13(10-14)8-9-17/h12-15H,4-11,17H2,1-3H3,(H,18,19). The average Bonchev–Trinajstić information content (AvgIpc) is 2.43. The van der Waals surface area contributed by atoms with Crippen molar-refractivity contribution < 1.29 is 9.53 Å². The molecule has 4 nitrogen and oxygen atoms in total. The maximum absolute atomic E-state index is 12.4. The molecular formula is C16H32N2O2. The van der Waals surface area contributed by atoms with Gasteiger partial charge in [0.2, 0.25) is 5.91 Å². The van der Waals surface area contributed by atoms with Gasteiger partial charge in [-0.2, -0.15) is 0 Å². The van der Waals surface area contributed by atoms with Crippen LogP contribution in [0.15, 0.2) is 0 Å². The van der Waals surface area contributed by atoms with E-state index in [1.807, 2.05) is 6.92 Å². The topological polar surface area (TPSA) is 64.3 Å². The van der Waals surface area contributed by atoms with Crippen LogP contribution in [0, 0.1) is 17.8 Å². The summed E-state index contributed by atoms with van der Waals surface area (Å²) in [4.78, 5) is 12.4. The summed E-state index contributed by atoms with van der Waals surface area (Å²) in [5.41, 5.74) is 5.64. The Morgan fingerprint density at radius 1 is 1.40 bits per heavy atom. The molecule has 0 radical (unpaired) electrons. The zero-order valence-electron chi connectivity index (χ0n) is 13.4. The lowest BCUT2D eigenvalue weighted by atomic mass is 9.79. The average molecular weight is 284 g/mol. The SMILES string of the molecule is CCOCC(NC(=O)C1CCCC(CCN)C1)C(C)C. The summed E-state index contributed by atoms with van der Waals surface area (Å²) in [5.74, 6) is 1.41. The van der Waals surface area contributed by atoms with Crippen molar-refractivity contribution in [2.75, 3.05) is 19.8 Å². The highest BCUT2D eigenvalue weighted by Crippen LogP contribution is 2.31. The lowest BCUT2D eigenvalue weighted by Crippen LogP contribution is -2.45. The number of rotatable bonds is 8. The van der Waals surface area contributed by atoms with Crippen LogP contribution in [0.1, 0.15) is 52.9 Å². The van der Waals surface area contributed by atoms with Gasteiger partial charge in [0.1, 0.15) is 0 Å². The van der Waals surface area contributed by atoms with Crippen LogP contribution < -0.4 is 11.1 Å². The Hall–Kier alpha value is -0.610. The molecule has 0 heterocycles. The summed E-state index contributed by atoms with van der Waals surface area (Å²) < 4.78 is 5.47. The number of hydrogen-bond acceptors (Lipinski definition) is 3. The van der Waals surface area contributed by atoms with Gasteiger partial charge in [0.15, 0.2) is 0 Å². The quantitative estimate of drug-likeness (QED) is 0.719. The van der Waals surface area contributed by atoms with Crippen LogP contribution in [0.2, 0.25) is 0 Å². The molecule has 0 bridgehead atoms. The van der Waals surface area contributed by atoms with Crippen molar-refractivity contribution >= 4 is 5.91 Å². The molecule has 20 heavy (non-hydrogen) atoms. The highest BCUT2D eigenvalue weighted by Gasteiger charge is 2.28. The maximum atomic E-state index is 12.4. The molecule has 3 atom stereocenters. The second-order valence-corrected chi connectivity index (χ2v) is 6.33. The largest absolute Gasteiger partial charge is 0.380 e. The summed E-state index contributed by atoms with van der Waals surface area (Å²) in [5, 5.41) is 3.19. The molecule has 3 N–H and O–H groups in total. The Kier molecular flexibility index (Phi) is 8.15. The van der Waals surface area contributed by atoms with Crippen LogP contribution in [0.4, 0.5) is 0 Å². The zero-order valence-corrected chi connectivity index (χ0v) is 13.4. The van der Waals surface area contributed by atoms with Gasteiger partial charge < -0.3 is 15.8 Å². The molecule has 0 aromatic heterocycles. The van der Waals surface area contributed by atoms with Crippen molar-refractivity contribution in [3.8, 4) is 0 Å². The molecule has 3 unspecified atom stereocenters. The zero-order chi connectivity index (χ0) is 15.0. The minimum absolute atomic E-state index is 0.123. The van der Waals surface area contributed by atoms with Crippen LogP contribution in [0.5, 0.6) is 0 Å². The molecule has 4 heteroatoms. The van der Waals surface area contributed by atoms with E-state index in [9.17, 15) is 4.79 Å². The third kappa shape index (κ3) is 5.80. The molecule has 1 aliphatic carbocycles. The van der Waals surface area contributed by atoms with Gasteiger partial charge in [-0.05, 0) is 44.6 Å². The van der Waals surface area contributed by atoms with Crippen molar-refractivity contribution in [3.63, 3.8) is 0 Å². The molecule has 0 aromatic rings. The minimum Gasteiger partial charge on any atom is -0.380 e. The highest BCUT2D eigenvalue weighted by atomic mass is 16.5. The van der Waals surface area contributed by atoms with E-state index < -0.39 is 0 Å². The number of nitrogens with one attached hydrogen (secondary N) is 1. The second kappa shape index (κ2) is 9.35. The van der Waals surface area contributed by atoms with Crippen LogP contribution in [-0.2, 0) is 9.53 Å². The fourth-order valence-corrected chi connectivity index (χ4v) is 2.97. The minimum atomic E-state index is 0.123. The van der Waals surface area contributed by atoms with E-state index in [4.69, 9.17) is 10.5 Å². The molecule has 1 fully saturated rings. The smallest absolute Gasteiger partial charge is 0.223 e. The molecule has 1 rings (SSSR count). The monoisotopic (exact) mass is 284 g/mol. The Morgan fingerprint density at radius 2 is 2.15 bits per heavy atom. The lowest BCUT2D eigenvalue weighted by Gasteiger charge is -2.30. The van der Waals surface area contributed by atoms with Gasteiger partial charge in [-0.3, -0.25) is 4.79 Å². The number of nitrogens with two attached hydrogens (primary N) is 1. The van der Waals surface area contributed by atoms with Crippen LogP contribution in [-0.4, -0.2) is 31.7 Å². The van der Waals surface area contributed by atoms with Gasteiger partial charge in [0, 0.05) is 12.5 Å². The van der Waals surface area contributed by atoms with E-state index in [-0.39, 0.29) is 17.9 Å². The third-order valence-corrected chi connectivity index (χ3v) is 4.36. The summed E-state index contributed by atoms with van der Waals surface area (Å²) in [6.07, 6.45) is 5.46. The van der Waals surface area contributed by atoms with Crippen molar-refractivity contribution in [3.05, 3.63) is 0 Å². The summed E-state index contributed by atoms with van der Waals surface area (Å²) in [6.45, 7) is 8.28. The molecular weight excluding hydrogens is 252 g/mol. The predicted octanol–water partition coefficient (Wildman–Crippen LogP) is 2.32. The van der Waals surface area contributed by atoms with Crippen LogP contribution in [0.3, 0.4) is 0 Å². The lowest BCUT2D eigenvalue weighted by molar-refractivity contribution is -0.128. The Balaban J connectivity index is 2.46. The first-order valence-electron chi connectivity index (χ1n) is 8.16. The van der Waals surface area contributed by atoms with Crippen molar-refractivity contribution in [1.82, 2.24) is 5.32 Å². The van der Waals surface area contributed by atoms with Crippen molar-refractivity contribution in [2.45, 2.75) is 58.9 Å². The normalized spacial score (nSPS) is 24.6. The molecule has 118 valence electrons. The number of amides is 1. The molecule has 1 amide bonds. The maximum Gasteiger partial charge on any atom is 0.223 e. The Bertz CT molecular complexity index is 280. The summed E-state index contributed by atoms with van der Waals surface area (Å²) in [7, 11) is 0. The van der Waals surface area contributed by atoms with Gasteiger partial charge in [-0.15, -0.1) is 0 Å². The fraction of sp³-hybridized carbons (Fsp3) is 0.938. The van der Waals surface area contributed by atoms with E-state index in [1.54, 1.807) is 0 Å². The number of hydrogen-bond donors (Lipinski definition) is 2. The van der Waals surface area contributed by atoms with Crippen LogP contribution in [0.25, 0.3) is 0 Å². The molecule has 0 aromatic carbocycles. The van der Waals surface area contributed by atoms with E-state index in [1.165, 1.54) is 6.42 Å². The first kappa shape index (κ1) is 17.4. The Morgan fingerprint density at radius 3 is 2.75 bits per heavy atom. The van der Waals surface area contributed by atoms with E-state index in [0.29, 0.717) is 25.0 Å². The third-order valence-electron chi connectivity index (χ3n) is 4.36. The van der Waals surface area contributed by atoms with Gasteiger partial charge in [-0.25, -0.2) is 0 Å². The molecule has 1 saturated carbocycles. The molecule has 1 aliphatic rings.